The summed E-state index contributed by atoms with van der Waals surface area (Å²) in [6.45, 7) is 1.04. The molecule has 0 saturated carbocycles. The van der Waals surface area contributed by atoms with Crippen molar-refractivity contribution in [3.8, 4) is 0 Å². The lowest BCUT2D eigenvalue weighted by Crippen LogP contribution is -2.06. The summed E-state index contributed by atoms with van der Waals surface area (Å²) in [6.07, 6.45) is 7.15. The minimum atomic E-state index is -0.425. The molecule has 0 fully saturated rings. The zero-order valence-corrected chi connectivity index (χ0v) is 12.7. The van der Waals surface area contributed by atoms with Gasteiger partial charge in [-0.1, -0.05) is 29.3 Å². The van der Waals surface area contributed by atoms with Gasteiger partial charge in [0, 0.05) is 47.0 Å². The summed E-state index contributed by atoms with van der Waals surface area (Å²) in [7, 11) is 0. The van der Waals surface area contributed by atoms with Gasteiger partial charge in [-0.15, -0.1) is 0 Å². The largest absolute Gasteiger partial charge is 0.462 e. The lowest BCUT2D eigenvalue weighted by molar-refractivity contribution is -0.137. The van der Waals surface area contributed by atoms with Crippen molar-refractivity contribution in [1.29, 1.82) is 0 Å². The van der Waals surface area contributed by atoms with Crippen LogP contribution in [-0.4, -0.2) is 22.4 Å². The normalized spacial score (nSPS) is 11.0. The molecule has 1 heterocycles. The van der Waals surface area contributed by atoms with Crippen LogP contribution < -0.4 is 0 Å². The summed E-state index contributed by atoms with van der Waals surface area (Å²) in [5, 5.41) is 5.04. The summed E-state index contributed by atoms with van der Waals surface area (Å²) >= 11 is 12.0. The van der Waals surface area contributed by atoms with Crippen LogP contribution in [0.5, 0.6) is 0 Å². The minimum Gasteiger partial charge on any atom is -0.462 e. The fraction of sp³-hybridized carbons (Fsp3) is 0.200. The molecule has 0 radical (unpaired) electrons. The molecule has 0 unspecified atom stereocenters. The van der Waals surface area contributed by atoms with Crippen molar-refractivity contribution in [3.63, 3.8) is 0 Å². The minimum absolute atomic E-state index is 0.333. The van der Waals surface area contributed by atoms with Gasteiger partial charge in [0.25, 0.3) is 0 Å². The van der Waals surface area contributed by atoms with Crippen LogP contribution in [0.3, 0.4) is 0 Å². The molecule has 0 N–H and O–H groups in total. The Kier molecular flexibility index (Phi) is 5.84. The maximum absolute atomic E-state index is 11.6. The first-order valence-corrected chi connectivity index (χ1v) is 7.18. The Balaban J connectivity index is 1.77. The van der Waals surface area contributed by atoms with Gasteiger partial charge < -0.3 is 4.74 Å². The number of hydrogen-bond donors (Lipinski definition) is 0. The Bertz CT molecular complexity index is 604. The van der Waals surface area contributed by atoms with E-state index in [0.29, 0.717) is 35.2 Å². The van der Waals surface area contributed by atoms with Gasteiger partial charge in [0.05, 0.1) is 6.61 Å². The van der Waals surface area contributed by atoms with Crippen LogP contribution in [0.1, 0.15) is 12.0 Å². The number of carbonyl (C=O) groups excluding carboxylic acids is 1. The fourth-order valence-corrected chi connectivity index (χ4v) is 2.22. The number of aryl methyl sites for hydroxylation is 1. The van der Waals surface area contributed by atoms with Crippen LogP contribution >= 0.6 is 23.2 Å². The van der Waals surface area contributed by atoms with E-state index >= 15 is 0 Å². The van der Waals surface area contributed by atoms with Gasteiger partial charge in [0.2, 0.25) is 0 Å². The summed E-state index contributed by atoms with van der Waals surface area (Å²) in [5.74, 6) is -0.425. The van der Waals surface area contributed by atoms with Crippen LogP contribution in [0.4, 0.5) is 0 Å². The standard InChI is InChI=1S/C15H14Cl2N2O2/c16-13-4-1-5-14(17)12(13)6-7-15(20)21-11-3-10-19-9-2-8-18-19/h1-2,4-9H,3,10-11H2/b7-6+. The van der Waals surface area contributed by atoms with Crippen molar-refractivity contribution >= 4 is 35.2 Å². The molecule has 0 bridgehead atoms. The molecule has 4 nitrogen and oxygen atoms in total. The van der Waals surface area contributed by atoms with Gasteiger partial charge in [0.1, 0.15) is 0 Å². The molecule has 0 spiro atoms. The number of rotatable bonds is 6. The molecule has 21 heavy (non-hydrogen) atoms. The maximum atomic E-state index is 11.6. The molecule has 0 aliphatic rings. The number of aromatic nitrogens is 2. The van der Waals surface area contributed by atoms with Crippen molar-refractivity contribution in [2.45, 2.75) is 13.0 Å². The monoisotopic (exact) mass is 324 g/mol. The first-order valence-electron chi connectivity index (χ1n) is 6.43. The molecule has 0 amide bonds. The quantitative estimate of drug-likeness (QED) is 0.460. The van der Waals surface area contributed by atoms with Gasteiger partial charge in [0.15, 0.2) is 0 Å². The number of hydrogen-bond acceptors (Lipinski definition) is 3. The predicted octanol–water partition coefficient (Wildman–Crippen LogP) is 3.84. The molecule has 6 heteroatoms. The van der Waals surface area contributed by atoms with Crippen LogP contribution in [-0.2, 0) is 16.1 Å². The Hall–Kier alpha value is -1.78. The van der Waals surface area contributed by atoms with Crippen molar-refractivity contribution in [2.75, 3.05) is 6.61 Å². The summed E-state index contributed by atoms with van der Waals surface area (Å²) < 4.78 is 6.87. The Morgan fingerprint density at radius 3 is 2.71 bits per heavy atom. The summed E-state index contributed by atoms with van der Waals surface area (Å²) in [5.41, 5.74) is 0.606. The van der Waals surface area contributed by atoms with E-state index < -0.39 is 5.97 Å². The zero-order chi connectivity index (χ0) is 15.1. The van der Waals surface area contributed by atoms with Crippen LogP contribution in [0.15, 0.2) is 42.7 Å². The lowest BCUT2D eigenvalue weighted by atomic mass is 10.2. The fourth-order valence-electron chi connectivity index (χ4n) is 1.70. The van der Waals surface area contributed by atoms with Gasteiger partial charge in [-0.3, -0.25) is 4.68 Å². The highest BCUT2D eigenvalue weighted by molar-refractivity contribution is 6.37. The average molecular weight is 325 g/mol. The third-order valence-corrected chi connectivity index (χ3v) is 3.38. The highest BCUT2D eigenvalue weighted by Crippen LogP contribution is 2.25. The van der Waals surface area contributed by atoms with Crippen LogP contribution in [0, 0.1) is 0 Å². The molecular formula is C15H14Cl2N2O2. The van der Waals surface area contributed by atoms with Gasteiger partial charge >= 0.3 is 5.97 Å². The van der Waals surface area contributed by atoms with E-state index in [2.05, 4.69) is 5.10 Å². The van der Waals surface area contributed by atoms with E-state index in [-0.39, 0.29) is 0 Å². The van der Waals surface area contributed by atoms with Gasteiger partial charge in [-0.05, 0) is 24.3 Å². The average Bonchev–Trinajstić information content (AvgIpc) is 2.96. The smallest absolute Gasteiger partial charge is 0.330 e. The number of ether oxygens (including phenoxy) is 1. The van der Waals surface area contributed by atoms with Gasteiger partial charge in [-0.25, -0.2) is 4.79 Å². The molecule has 0 atom stereocenters. The molecule has 2 rings (SSSR count). The molecule has 0 aliphatic carbocycles. The molecule has 0 aliphatic heterocycles. The van der Waals surface area contributed by atoms with E-state index in [0.717, 1.165) is 0 Å². The summed E-state index contributed by atoms with van der Waals surface area (Å²) in [4.78, 5) is 11.6. The molecular weight excluding hydrogens is 311 g/mol. The van der Waals surface area contributed by atoms with Crippen LogP contribution in [0.2, 0.25) is 10.0 Å². The number of nitrogens with zero attached hydrogens (tertiary/aromatic N) is 2. The highest BCUT2D eigenvalue weighted by Gasteiger charge is 2.03. The first kappa shape index (κ1) is 15.6. The molecule has 1 aromatic carbocycles. The third kappa shape index (κ3) is 4.92. The number of esters is 1. The molecule has 2 aromatic rings. The Morgan fingerprint density at radius 2 is 2.05 bits per heavy atom. The lowest BCUT2D eigenvalue weighted by Gasteiger charge is -2.03. The molecule has 0 saturated heterocycles. The third-order valence-electron chi connectivity index (χ3n) is 2.72. The maximum Gasteiger partial charge on any atom is 0.330 e. The predicted molar refractivity (Wildman–Crippen MR) is 83.3 cm³/mol. The number of carbonyl (C=O) groups is 1. The van der Waals surface area contributed by atoms with Crippen molar-refractivity contribution < 1.29 is 9.53 Å². The Labute approximate surface area is 132 Å². The van der Waals surface area contributed by atoms with E-state index in [9.17, 15) is 4.79 Å². The number of benzene rings is 1. The summed E-state index contributed by atoms with van der Waals surface area (Å²) in [6, 6.07) is 7.02. The van der Waals surface area contributed by atoms with Crippen molar-refractivity contribution in [2.24, 2.45) is 0 Å². The van der Waals surface area contributed by atoms with E-state index in [4.69, 9.17) is 27.9 Å². The second-order valence-corrected chi connectivity index (χ2v) is 5.07. The second-order valence-electron chi connectivity index (χ2n) is 4.26. The van der Waals surface area contributed by atoms with Crippen LogP contribution in [0.25, 0.3) is 6.08 Å². The first-order chi connectivity index (χ1) is 10.2. The van der Waals surface area contributed by atoms with Crippen molar-refractivity contribution in [3.05, 3.63) is 58.3 Å². The zero-order valence-electron chi connectivity index (χ0n) is 11.2. The highest BCUT2D eigenvalue weighted by atomic mass is 35.5. The SMILES string of the molecule is O=C(/C=C/c1c(Cl)cccc1Cl)OCCCn1cccn1. The molecule has 1 aromatic heterocycles. The van der Waals surface area contributed by atoms with E-state index in [1.807, 2.05) is 12.3 Å². The second kappa shape index (κ2) is 7.86. The Morgan fingerprint density at radius 1 is 1.29 bits per heavy atom. The van der Waals surface area contributed by atoms with E-state index in [1.165, 1.54) is 6.08 Å². The molecule has 110 valence electrons. The van der Waals surface area contributed by atoms with E-state index in [1.54, 1.807) is 35.2 Å². The van der Waals surface area contributed by atoms with Crippen molar-refractivity contribution in [1.82, 2.24) is 9.78 Å². The topological polar surface area (TPSA) is 44.1 Å². The number of halogens is 2. The van der Waals surface area contributed by atoms with Gasteiger partial charge in [-0.2, -0.15) is 5.10 Å².